The Labute approximate surface area is 82.0 Å². The van der Waals surface area contributed by atoms with Crippen molar-refractivity contribution in [1.29, 1.82) is 0 Å². The number of hydrogen-bond acceptors (Lipinski definition) is 1. The Kier molecular flexibility index (Phi) is 1.51. The second kappa shape index (κ2) is 2.69. The molecular weight excluding hydrogens is 225 g/mol. The Hall–Kier alpha value is -1.11. The van der Waals surface area contributed by atoms with Gasteiger partial charge in [-0.1, -0.05) is 0 Å². The fraction of sp³-hybridized carbons (Fsp3) is 0. The first kappa shape index (κ1) is 7.31. The Bertz CT molecular complexity index is 568. The summed E-state index contributed by atoms with van der Waals surface area (Å²) in [6.07, 6.45) is 2.01. The number of nitrogens with zero attached hydrogens (tertiary/aromatic N) is 1. The monoisotopic (exact) mass is 233 g/mol. The molecule has 0 radical (unpaired) electrons. The van der Waals surface area contributed by atoms with Gasteiger partial charge in [-0.3, -0.25) is 0 Å². The van der Waals surface area contributed by atoms with Crippen molar-refractivity contribution in [1.82, 2.24) is 3.98 Å². The normalized spacial score (nSPS) is 11.1. The zero-order valence-corrected chi connectivity index (χ0v) is 8.61. The van der Waals surface area contributed by atoms with Crippen LogP contribution in [0.25, 0.3) is 20.4 Å². The Morgan fingerprint density at radius 3 is 2.85 bits per heavy atom. The maximum absolute atomic E-state index is 4.34. The molecule has 0 bridgehead atoms. The summed E-state index contributed by atoms with van der Waals surface area (Å²) >= 11 is 0.319. The van der Waals surface area contributed by atoms with E-state index in [-0.39, 0.29) is 0 Å². The van der Waals surface area contributed by atoms with Crippen LogP contribution in [0.3, 0.4) is 0 Å². The molecule has 1 nitrogen and oxygen atoms in total. The maximum atomic E-state index is 4.34. The summed E-state index contributed by atoms with van der Waals surface area (Å²) in [6, 6.07) is 12.9. The van der Waals surface area contributed by atoms with E-state index in [0.29, 0.717) is 14.7 Å². The molecule has 0 atom stereocenters. The number of rotatable bonds is 0. The van der Waals surface area contributed by atoms with Crippen molar-refractivity contribution in [2.45, 2.75) is 0 Å². The zero-order valence-electron chi connectivity index (χ0n) is 6.90. The van der Waals surface area contributed by atoms with Crippen molar-refractivity contribution in [2.75, 3.05) is 0 Å². The van der Waals surface area contributed by atoms with Crippen LogP contribution in [0.2, 0.25) is 0 Å². The van der Waals surface area contributed by atoms with Gasteiger partial charge in [-0.05, 0) is 0 Å². The first-order valence-corrected chi connectivity index (χ1v) is 5.79. The number of hydrogen-bond donors (Lipinski definition) is 0. The van der Waals surface area contributed by atoms with Gasteiger partial charge in [0.1, 0.15) is 0 Å². The Morgan fingerprint density at radius 2 is 1.85 bits per heavy atom. The summed E-state index contributed by atoms with van der Waals surface area (Å²) in [4.78, 5) is 0. The quantitative estimate of drug-likeness (QED) is 0.542. The van der Waals surface area contributed by atoms with E-state index in [9.17, 15) is 0 Å². The average molecular weight is 232 g/mol. The van der Waals surface area contributed by atoms with Crippen LogP contribution in [0.15, 0.2) is 42.6 Å². The first-order valence-electron chi connectivity index (χ1n) is 4.17. The van der Waals surface area contributed by atoms with Crippen LogP contribution >= 0.6 is 0 Å². The van der Waals surface area contributed by atoms with Gasteiger partial charge in [0.15, 0.2) is 0 Å². The van der Waals surface area contributed by atoms with Crippen molar-refractivity contribution in [2.24, 2.45) is 0 Å². The van der Waals surface area contributed by atoms with Gasteiger partial charge in [0.05, 0.1) is 0 Å². The van der Waals surface area contributed by atoms with Crippen LogP contribution in [0.1, 0.15) is 0 Å². The van der Waals surface area contributed by atoms with Gasteiger partial charge in [-0.15, -0.1) is 0 Å². The SMILES string of the molecule is c1ccc2c(c1)ccc1[se]ncc12. The third-order valence-electron chi connectivity index (χ3n) is 2.26. The van der Waals surface area contributed by atoms with Gasteiger partial charge in [0, 0.05) is 0 Å². The third kappa shape index (κ3) is 1.03. The van der Waals surface area contributed by atoms with Gasteiger partial charge in [0.2, 0.25) is 0 Å². The molecular formula is C11H7NSe. The van der Waals surface area contributed by atoms with E-state index in [1.807, 2.05) is 6.20 Å². The molecule has 0 fully saturated rings. The van der Waals surface area contributed by atoms with Gasteiger partial charge >= 0.3 is 81.7 Å². The van der Waals surface area contributed by atoms with Crippen LogP contribution in [0.5, 0.6) is 0 Å². The summed E-state index contributed by atoms with van der Waals surface area (Å²) < 4.78 is 5.75. The molecule has 3 rings (SSSR count). The van der Waals surface area contributed by atoms with Crippen LogP contribution in [0.4, 0.5) is 0 Å². The molecule has 3 aromatic rings. The molecule has 1 heterocycles. The van der Waals surface area contributed by atoms with Gasteiger partial charge < -0.3 is 0 Å². The van der Waals surface area contributed by atoms with E-state index in [2.05, 4.69) is 40.4 Å². The zero-order chi connectivity index (χ0) is 8.67. The minimum atomic E-state index is 0.319. The molecule has 0 aliphatic rings. The second-order valence-electron chi connectivity index (χ2n) is 3.02. The molecule has 0 amide bonds. The van der Waals surface area contributed by atoms with E-state index in [1.165, 1.54) is 20.4 Å². The van der Waals surface area contributed by atoms with Crippen molar-refractivity contribution >= 4 is 35.2 Å². The van der Waals surface area contributed by atoms with Gasteiger partial charge in [0.25, 0.3) is 0 Å². The summed E-state index contributed by atoms with van der Waals surface area (Å²) in [5.74, 6) is 0. The Morgan fingerprint density at radius 1 is 0.923 bits per heavy atom. The van der Waals surface area contributed by atoms with E-state index in [1.54, 1.807) is 0 Å². The molecule has 2 aromatic carbocycles. The molecule has 13 heavy (non-hydrogen) atoms. The predicted molar refractivity (Wildman–Crippen MR) is 56.2 cm³/mol. The van der Waals surface area contributed by atoms with Crippen molar-refractivity contribution < 1.29 is 0 Å². The summed E-state index contributed by atoms with van der Waals surface area (Å²) in [6.45, 7) is 0. The molecule has 0 aliphatic carbocycles. The minimum absolute atomic E-state index is 0.319. The van der Waals surface area contributed by atoms with Crippen LogP contribution in [0, 0.1) is 0 Å². The number of aromatic nitrogens is 1. The molecule has 0 aliphatic heterocycles. The molecule has 1 aromatic heterocycles. The number of fused-ring (bicyclic) bond motifs is 3. The van der Waals surface area contributed by atoms with E-state index < -0.39 is 0 Å². The standard InChI is InChI=1S/C11H7NSe/c1-2-4-9-8(3-1)5-6-11-10(9)7-12-13-11/h1-7H. The Balaban J connectivity index is 2.65. The summed E-state index contributed by atoms with van der Waals surface area (Å²) in [7, 11) is 0. The molecule has 0 N–H and O–H groups in total. The first-order chi connectivity index (χ1) is 6.45. The van der Waals surface area contributed by atoms with Crippen molar-refractivity contribution in [3.63, 3.8) is 0 Å². The van der Waals surface area contributed by atoms with E-state index >= 15 is 0 Å². The van der Waals surface area contributed by atoms with Crippen LogP contribution in [-0.2, 0) is 0 Å². The average Bonchev–Trinajstić information content (AvgIpc) is 2.65. The van der Waals surface area contributed by atoms with Crippen LogP contribution < -0.4 is 0 Å². The molecule has 0 saturated heterocycles. The summed E-state index contributed by atoms with van der Waals surface area (Å²) in [5, 5.41) is 3.98. The van der Waals surface area contributed by atoms with Gasteiger partial charge in [-0.2, -0.15) is 0 Å². The van der Waals surface area contributed by atoms with Crippen LogP contribution in [-0.4, -0.2) is 18.7 Å². The molecule has 0 saturated carbocycles. The molecule has 62 valence electrons. The third-order valence-corrected chi connectivity index (χ3v) is 3.87. The molecule has 0 unspecified atom stereocenters. The van der Waals surface area contributed by atoms with E-state index in [0.717, 1.165) is 0 Å². The fourth-order valence-electron chi connectivity index (χ4n) is 1.62. The topological polar surface area (TPSA) is 12.9 Å². The molecule has 0 spiro atoms. The van der Waals surface area contributed by atoms with Gasteiger partial charge in [-0.25, -0.2) is 0 Å². The van der Waals surface area contributed by atoms with Crippen molar-refractivity contribution in [3.05, 3.63) is 42.6 Å². The summed E-state index contributed by atoms with van der Waals surface area (Å²) in [5.41, 5.74) is 0. The second-order valence-corrected chi connectivity index (χ2v) is 4.77. The fourth-order valence-corrected chi connectivity index (χ4v) is 3.01. The molecule has 2 heteroatoms. The predicted octanol–water partition coefficient (Wildman–Crippen LogP) is 2.45. The number of benzene rings is 2. The van der Waals surface area contributed by atoms with E-state index in [4.69, 9.17) is 0 Å². The van der Waals surface area contributed by atoms with Crippen molar-refractivity contribution in [3.8, 4) is 0 Å².